The minimum Gasteiger partial charge on any atom is -0.459 e. The number of aryl methyl sites for hydroxylation is 1. The fourth-order valence-corrected chi connectivity index (χ4v) is 3.54. The van der Waals surface area contributed by atoms with Crippen LogP contribution in [-0.2, 0) is 17.6 Å². The second kappa shape index (κ2) is 7.90. The van der Waals surface area contributed by atoms with E-state index in [1.807, 2.05) is 30.3 Å². The quantitative estimate of drug-likeness (QED) is 0.697. The van der Waals surface area contributed by atoms with E-state index >= 15 is 0 Å². The van der Waals surface area contributed by atoms with Gasteiger partial charge in [0.05, 0.1) is 12.7 Å². The number of rotatable bonds is 4. The highest BCUT2D eigenvalue weighted by molar-refractivity contribution is 6.30. The number of hydrogen-bond acceptors (Lipinski definition) is 3. The van der Waals surface area contributed by atoms with Crippen molar-refractivity contribution in [1.82, 2.24) is 0 Å². The van der Waals surface area contributed by atoms with E-state index in [1.165, 1.54) is 6.26 Å². The summed E-state index contributed by atoms with van der Waals surface area (Å²) in [4.78, 5) is 26.7. The molecule has 2 aromatic carbocycles. The lowest BCUT2D eigenvalue weighted by molar-refractivity contribution is -0.115. The molecule has 3 aromatic rings. The number of hydrogen-bond donors (Lipinski definition) is 1. The van der Waals surface area contributed by atoms with E-state index in [9.17, 15) is 9.59 Å². The summed E-state index contributed by atoms with van der Waals surface area (Å²) >= 11 is 5.88. The van der Waals surface area contributed by atoms with Gasteiger partial charge in [0.15, 0.2) is 5.76 Å². The molecule has 0 aliphatic carbocycles. The molecule has 1 aliphatic rings. The third-order valence-corrected chi connectivity index (χ3v) is 4.99. The van der Waals surface area contributed by atoms with Crippen LogP contribution < -0.4 is 10.2 Å². The maximum Gasteiger partial charge on any atom is 0.293 e. The van der Waals surface area contributed by atoms with E-state index in [2.05, 4.69) is 5.32 Å². The molecule has 0 fully saturated rings. The van der Waals surface area contributed by atoms with Crippen molar-refractivity contribution >= 4 is 34.8 Å². The second-order valence-corrected chi connectivity index (χ2v) is 7.17. The first-order valence-electron chi connectivity index (χ1n) is 9.13. The Balaban J connectivity index is 1.48. The molecule has 0 saturated heterocycles. The van der Waals surface area contributed by atoms with E-state index in [4.69, 9.17) is 16.0 Å². The zero-order chi connectivity index (χ0) is 19.5. The Kier molecular flexibility index (Phi) is 5.17. The molecule has 4 rings (SSSR count). The number of anilines is 2. The molecular formula is C22H19ClN2O3. The minimum absolute atomic E-state index is 0.0957. The average molecular weight is 395 g/mol. The number of carbonyl (C=O) groups excluding carboxylic acids is 2. The number of carbonyl (C=O) groups is 2. The monoisotopic (exact) mass is 394 g/mol. The van der Waals surface area contributed by atoms with Gasteiger partial charge in [-0.15, -0.1) is 0 Å². The van der Waals surface area contributed by atoms with Crippen molar-refractivity contribution in [3.05, 3.63) is 82.8 Å². The van der Waals surface area contributed by atoms with Crippen LogP contribution in [0.4, 0.5) is 11.4 Å². The van der Waals surface area contributed by atoms with Crippen molar-refractivity contribution in [2.24, 2.45) is 0 Å². The molecule has 2 amide bonds. The number of furan rings is 1. The summed E-state index contributed by atoms with van der Waals surface area (Å²) < 4.78 is 5.25. The lowest BCUT2D eigenvalue weighted by atomic mass is 10.0. The van der Waals surface area contributed by atoms with Crippen LogP contribution in [0.1, 0.15) is 28.1 Å². The van der Waals surface area contributed by atoms with Crippen LogP contribution in [-0.4, -0.2) is 18.4 Å². The first-order chi connectivity index (χ1) is 13.6. The average Bonchev–Trinajstić information content (AvgIpc) is 3.23. The lowest BCUT2D eigenvalue weighted by Crippen LogP contribution is -2.35. The molecule has 1 aliphatic heterocycles. The molecule has 0 atom stereocenters. The second-order valence-electron chi connectivity index (χ2n) is 6.73. The van der Waals surface area contributed by atoms with Crippen molar-refractivity contribution in [3.8, 4) is 0 Å². The summed E-state index contributed by atoms with van der Waals surface area (Å²) in [6.07, 6.45) is 3.49. The number of amides is 2. The normalized spacial score (nSPS) is 13.1. The minimum atomic E-state index is -0.148. The molecule has 0 saturated carbocycles. The molecule has 142 valence electrons. The van der Waals surface area contributed by atoms with Gasteiger partial charge in [-0.3, -0.25) is 9.59 Å². The summed E-state index contributed by atoms with van der Waals surface area (Å²) in [6.45, 7) is 0.648. The molecule has 6 heteroatoms. The van der Waals surface area contributed by atoms with Crippen molar-refractivity contribution in [2.75, 3.05) is 16.8 Å². The number of fused-ring (bicyclic) bond motifs is 1. The van der Waals surface area contributed by atoms with Crippen LogP contribution in [0.3, 0.4) is 0 Å². The SMILES string of the molecule is O=C(Cc1ccc(Cl)cc1)Nc1ccc2c(c1)CCCN2C(=O)c1ccco1. The predicted octanol–water partition coefficient (Wildman–Crippen LogP) is 4.71. The topological polar surface area (TPSA) is 62.6 Å². The summed E-state index contributed by atoms with van der Waals surface area (Å²) in [5, 5.41) is 3.58. The molecule has 0 spiro atoms. The van der Waals surface area contributed by atoms with Crippen LogP contribution in [0.5, 0.6) is 0 Å². The fraction of sp³-hybridized carbons (Fsp3) is 0.182. The molecule has 1 aromatic heterocycles. The van der Waals surface area contributed by atoms with Crippen molar-refractivity contribution in [3.63, 3.8) is 0 Å². The summed E-state index contributed by atoms with van der Waals surface area (Å²) in [5.74, 6) is 0.0836. The maximum atomic E-state index is 12.7. The van der Waals surface area contributed by atoms with Crippen molar-refractivity contribution in [1.29, 1.82) is 0 Å². The molecule has 2 heterocycles. The molecule has 1 N–H and O–H groups in total. The fourth-order valence-electron chi connectivity index (χ4n) is 3.41. The Labute approximate surface area is 167 Å². The zero-order valence-electron chi connectivity index (χ0n) is 15.2. The number of nitrogens with one attached hydrogen (secondary N) is 1. The molecule has 28 heavy (non-hydrogen) atoms. The van der Waals surface area contributed by atoms with Gasteiger partial charge >= 0.3 is 0 Å². The molecular weight excluding hydrogens is 376 g/mol. The van der Waals surface area contributed by atoms with Gasteiger partial charge in [0.25, 0.3) is 5.91 Å². The first-order valence-corrected chi connectivity index (χ1v) is 9.50. The number of nitrogens with zero attached hydrogens (tertiary/aromatic N) is 1. The van der Waals surface area contributed by atoms with E-state index in [-0.39, 0.29) is 18.2 Å². The standard InChI is InChI=1S/C22H19ClN2O3/c23-17-7-5-15(6-8-17)13-21(26)24-18-9-10-19-16(14-18)3-1-11-25(19)22(27)20-4-2-12-28-20/h2,4-10,12,14H,1,3,11,13H2,(H,24,26). The summed E-state index contributed by atoms with van der Waals surface area (Å²) in [6, 6.07) is 16.2. The van der Waals surface area contributed by atoms with Crippen molar-refractivity contribution < 1.29 is 14.0 Å². The predicted molar refractivity (Wildman–Crippen MR) is 109 cm³/mol. The number of halogens is 1. The van der Waals surface area contributed by atoms with Crippen LogP contribution in [0.2, 0.25) is 5.02 Å². The van der Waals surface area contributed by atoms with Gasteiger partial charge in [-0.05, 0) is 66.4 Å². The zero-order valence-corrected chi connectivity index (χ0v) is 15.9. The van der Waals surface area contributed by atoms with Gasteiger partial charge in [0, 0.05) is 22.9 Å². The van der Waals surface area contributed by atoms with E-state index in [1.54, 1.807) is 29.2 Å². The lowest BCUT2D eigenvalue weighted by Gasteiger charge is -2.29. The molecule has 0 radical (unpaired) electrons. The summed E-state index contributed by atoms with van der Waals surface area (Å²) in [5.41, 5.74) is 3.53. The van der Waals surface area contributed by atoms with Crippen LogP contribution in [0.25, 0.3) is 0 Å². The molecule has 0 unspecified atom stereocenters. The third-order valence-electron chi connectivity index (χ3n) is 4.74. The maximum absolute atomic E-state index is 12.7. The van der Waals surface area contributed by atoms with Gasteiger partial charge < -0.3 is 14.6 Å². The summed E-state index contributed by atoms with van der Waals surface area (Å²) in [7, 11) is 0. The van der Waals surface area contributed by atoms with E-state index in [0.717, 1.165) is 35.3 Å². The highest BCUT2D eigenvalue weighted by Crippen LogP contribution is 2.31. The van der Waals surface area contributed by atoms with Gasteiger partial charge in [0.2, 0.25) is 5.91 Å². The van der Waals surface area contributed by atoms with E-state index < -0.39 is 0 Å². The van der Waals surface area contributed by atoms with Gasteiger partial charge in [-0.1, -0.05) is 23.7 Å². The Morgan fingerprint density at radius 3 is 2.68 bits per heavy atom. The molecule has 5 nitrogen and oxygen atoms in total. The van der Waals surface area contributed by atoms with Crippen LogP contribution in [0, 0.1) is 0 Å². The van der Waals surface area contributed by atoms with Crippen molar-refractivity contribution in [2.45, 2.75) is 19.3 Å². The van der Waals surface area contributed by atoms with Crippen LogP contribution in [0.15, 0.2) is 65.3 Å². The highest BCUT2D eigenvalue weighted by Gasteiger charge is 2.25. The Bertz CT molecular complexity index is 997. The van der Waals surface area contributed by atoms with E-state index in [0.29, 0.717) is 17.3 Å². The third kappa shape index (κ3) is 3.94. The Morgan fingerprint density at radius 1 is 1.11 bits per heavy atom. The highest BCUT2D eigenvalue weighted by atomic mass is 35.5. The largest absolute Gasteiger partial charge is 0.459 e. The molecule has 0 bridgehead atoms. The van der Waals surface area contributed by atoms with Crippen LogP contribution >= 0.6 is 11.6 Å². The Morgan fingerprint density at radius 2 is 1.93 bits per heavy atom. The Hall–Kier alpha value is -3.05. The first kappa shape index (κ1) is 18.3. The smallest absolute Gasteiger partial charge is 0.293 e. The van der Waals surface area contributed by atoms with Gasteiger partial charge in [0.1, 0.15) is 0 Å². The number of benzene rings is 2. The van der Waals surface area contributed by atoms with Gasteiger partial charge in [-0.2, -0.15) is 0 Å². The van der Waals surface area contributed by atoms with Gasteiger partial charge in [-0.25, -0.2) is 0 Å².